The summed E-state index contributed by atoms with van der Waals surface area (Å²) in [6, 6.07) is 16.6. The minimum absolute atomic E-state index is 0.0951. The van der Waals surface area contributed by atoms with Crippen molar-refractivity contribution in [2.75, 3.05) is 20.3 Å². The van der Waals surface area contributed by atoms with Gasteiger partial charge < -0.3 is 14.4 Å². The summed E-state index contributed by atoms with van der Waals surface area (Å²) >= 11 is 0. The van der Waals surface area contributed by atoms with E-state index in [1.807, 2.05) is 30.3 Å². The molecule has 6 heteroatoms. The van der Waals surface area contributed by atoms with E-state index in [9.17, 15) is 9.59 Å². The van der Waals surface area contributed by atoms with Crippen LogP contribution in [0.15, 0.2) is 67.0 Å². The second-order valence-electron chi connectivity index (χ2n) is 6.71. The SMILES string of the molecule is COC(=O)c1cccc(CN2CCOc3cc(-c4ccncc4)ccc3C2=O)c1. The van der Waals surface area contributed by atoms with Gasteiger partial charge in [0.15, 0.2) is 0 Å². The maximum absolute atomic E-state index is 13.1. The fourth-order valence-electron chi connectivity index (χ4n) is 3.37. The van der Waals surface area contributed by atoms with Gasteiger partial charge in [-0.05, 0) is 53.1 Å². The van der Waals surface area contributed by atoms with Crippen LogP contribution in [0.1, 0.15) is 26.3 Å². The third kappa shape index (κ3) is 3.96. The minimum atomic E-state index is -0.397. The zero-order chi connectivity index (χ0) is 20.2. The molecule has 1 amide bonds. The largest absolute Gasteiger partial charge is 0.491 e. The maximum atomic E-state index is 13.1. The number of ether oxygens (including phenoxy) is 2. The van der Waals surface area contributed by atoms with Crippen LogP contribution >= 0.6 is 0 Å². The maximum Gasteiger partial charge on any atom is 0.337 e. The van der Waals surface area contributed by atoms with Gasteiger partial charge in [-0.3, -0.25) is 9.78 Å². The lowest BCUT2D eigenvalue weighted by Gasteiger charge is -2.20. The van der Waals surface area contributed by atoms with Crippen molar-refractivity contribution < 1.29 is 19.1 Å². The van der Waals surface area contributed by atoms with Crippen LogP contribution in [0, 0.1) is 0 Å². The van der Waals surface area contributed by atoms with Gasteiger partial charge in [0, 0.05) is 18.9 Å². The molecular formula is C23H20N2O4. The lowest BCUT2D eigenvalue weighted by atomic mass is 10.0. The first-order valence-corrected chi connectivity index (χ1v) is 9.29. The summed E-state index contributed by atoms with van der Waals surface area (Å²) < 4.78 is 10.6. The number of hydrogen-bond donors (Lipinski definition) is 0. The Morgan fingerprint density at radius 1 is 1.10 bits per heavy atom. The number of carbonyl (C=O) groups excluding carboxylic acids is 2. The van der Waals surface area contributed by atoms with Crippen LogP contribution in [0.2, 0.25) is 0 Å². The predicted molar refractivity (Wildman–Crippen MR) is 108 cm³/mol. The summed E-state index contributed by atoms with van der Waals surface area (Å²) in [5.41, 5.74) is 3.84. The molecule has 0 saturated heterocycles. The zero-order valence-electron chi connectivity index (χ0n) is 16.0. The molecule has 1 aliphatic heterocycles. The molecule has 0 radical (unpaired) electrons. The molecule has 0 spiro atoms. The first-order chi connectivity index (χ1) is 14.2. The molecule has 0 N–H and O–H groups in total. The summed E-state index contributed by atoms with van der Waals surface area (Å²) in [4.78, 5) is 30.6. The third-order valence-electron chi connectivity index (χ3n) is 4.85. The van der Waals surface area contributed by atoms with E-state index in [1.54, 1.807) is 41.6 Å². The van der Waals surface area contributed by atoms with Gasteiger partial charge in [-0.1, -0.05) is 18.2 Å². The van der Waals surface area contributed by atoms with E-state index >= 15 is 0 Å². The standard InChI is InChI=1S/C23H20N2O4/c1-28-23(27)19-4-2-3-16(13-19)15-25-11-12-29-21-14-18(5-6-20(21)22(25)26)17-7-9-24-10-8-17/h2-10,13-14H,11-12,15H2,1H3. The number of pyridine rings is 1. The molecule has 3 aromatic rings. The van der Waals surface area contributed by atoms with Crippen molar-refractivity contribution in [1.82, 2.24) is 9.88 Å². The fraction of sp³-hybridized carbons (Fsp3) is 0.174. The number of amides is 1. The first-order valence-electron chi connectivity index (χ1n) is 9.29. The van der Waals surface area contributed by atoms with Crippen LogP contribution in [0.25, 0.3) is 11.1 Å². The number of carbonyl (C=O) groups is 2. The number of esters is 1. The van der Waals surface area contributed by atoms with E-state index in [-0.39, 0.29) is 5.91 Å². The number of fused-ring (bicyclic) bond motifs is 1. The molecule has 4 rings (SSSR count). The number of hydrogen-bond acceptors (Lipinski definition) is 5. The van der Waals surface area contributed by atoms with Gasteiger partial charge in [0.05, 0.1) is 24.8 Å². The Labute approximate surface area is 168 Å². The molecule has 29 heavy (non-hydrogen) atoms. The quantitative estimate of drug-likeness (QED) is 0.639. The van der Waals surface area contributed by atoms with Crippen molar-refractivity contribution in [3.8, 4) is 16.9 Å². The lowest BCUT2D eigenvalue weighted by molar-refractivity contribution is 0.0600. The highest BCUT2D eigenvalue weighted by atomic mass is 16.5. The summed E-state index contributed by atoms with van der Waals surface area (Å²) in [5, 5.41) is 0. The average Bonchev–Trinajstić information content (AvgIpc) is 2.92. The van der Waals surface area contributed by atoms with Crippen LogP contribution in [0.4, 0.5) is 0 Å². The molecule has 0 atom stereocenters. The van der Waals surface area contributed by atoms with Crippen molar-refractivity contribution in [2.45, 2.75) is 6.54 Å². The van der Waals surface area contributed by atoms with E-state index in [1.165, 1.54) is 7.11 Å². The van der Waals surface area contributed by atoms with Crippen molar-refractivity contribution in [3.05, 3.63) is 83.7 Å². The van der Waals surface area contributed by atoms with E-state index in [4.69, 9.17) is 9.47 Å². The molecule has 0 unspecified atom stereocenters. The second kappa shape index (κ2) is 8.14. The molecule has 6 nitrogen and oxygen atoms in total. The molecule has 0 saturated carbocycles. The van der Waals surface area contributed by atoms with Gasteiger partial charge in [0.2, 0.25) is 0 Å². The van der Waals surface area contributed by atoms with Gasteiger partial charge in [-0.25, -0.2) is 4.79 Å². The van der Waals surface area contributed by atoms with Crippen molar-refractivity contribution >= 4 is 11.9 Å². The summed E-state index contributed by atoms with van der Waals surface area (Å²) in [5.74, 6) is 0.0868. The Hall–Kier alpha value is -3.67. The van der Waals surface area contributed by atoms with Crippen molar-refractivity contribution in [2.24, 2.45) is 0 Å². The van der Waals surface area contributed by atoms with Crippen molar-refractivity contribution in [1.29, 1.82) is 0 Å². The number of aromatic nitrogens is 1. The van der Waals surface area contributed by atoms with Gasteiger partial charge in [-0.15, -0.1) is 0 Å². The van der Waals surface area contributed by atoms with Crippen molar-refractivity contribution in [3.63, 3.8) is 0 Å². The molecule has 1 aromatic heterocycles. The second-order valence-corrected chi connectivity index (χ2v) is 6.71. The molecule has 0 bridgehead atoms. The number of rotatable bonds is 4. The highest BCUT2D eigenvalue weighted by Crippen LogP contribution is 2.30. The lowest BCUT2D eigenvalue weighted by Crippen LogP contribution is -2.31. The van der Waals surface area contributed by atoms with E-state index in [0.29, 0.717) is 36.6 Å². The highest BCUT2D eigenvalue weighted by molar-refractivity contribution is 5.98. The third-order valence-corrected chi connectivity index (χ3v) is 4.85. The molecule has 0 aliphatic carbocycles. The Balaban J connectivity index is 1.58. The summed E-state index contributed by atoms with van der Waals surface area (Å²) in [6.45, 7) is 1.24. The Morgan fingerprint density at radius 3 is 2.72 bits per heavy atom. The number of nitrogens with zero attached hydrogens (tertiary/aromatic N) is 2. The van der Waals surface area contributed by atoms with E-state index in [2.05, 4.69) is 4.98 Å². The van der Waals surface area contributed by atoms with Gasteiger partial charge in [0.25, 0.3) is 5.91 Å². The summed E-state index contributed by atoms with van der Waals surface area (Å²) in [7, 11) is 1.35. The van der Waals surface area contributed by atoms with Gasteiger partial charge in [0.1, 0.15) is 12.4 Å². The van der Waals surface area contributed by atoms with Crippen LogP contribution in [0.3, 0.4) is 0 Å². The average molecular weight is 388 g/mol. The monoisotopic (exact) mass is 388 g/mol. The predicted octanol–water partition coefficient (Wildman–Crippen LogP) is 3.57. The molecule has 2 aromatic carbocycles. The molecule has 146 valence electrons. The number of methoxy groups -OCH3 is 1. The van der Waals surface area contributed by atoms with Gasteiger partial charge in [-0.2, -0.15) is 0 Å². The molecule has 2 heterocycles. The molecular weight excluding hydrogens is 368 g/mol. The number of benzene rings is 2. The smallest absolute Gasteiger partial charge is 0.337 e. The Morgan fingerprint density at radius 2 is 1.93 bits per heavy atom. The Kier molecular flexibility index (Phi) is 5.24. The molecule has 0 fully saturated rings. The Bertz CT molecular complexity index is 1050. The fourth-order valence-corrected chi connectivity index (χ4v) is 3.37. The van der Waals surface area contributed by atoms with Crippen LogP contribution in [-0.4, -0.2) is 42.0 Å². The zero-order valence-corrected chi connectivity index (χ0v) is 16.0. The molecule has 1 aliphatic rings. The van der Waals surface area contributed by atoms with Gasteiger partial charge >= 0.3 is 5.97 Å². The summed E-state index contributed by atoms with van der Waals surface area (Å²) in [6.07, 6.45) is 3.47. The first kappa shape index (κ1) is 18.7. The van der Waals surface area contributed by atoms with Crippen LogP contribution in [-0.2, 0) is 11.3 Å². The normalized spacial score (nSPS) is 13.3. The van der Waals surface area contributed by atoms with E-state index < -0.39 is 5.97 Å². The minimum Gasteiger partial charge on any atom is -0.491 e. The highest BCUT2D eigenvalue weighted by Gasteiger charge is 2.24. The van der Waals surface area contributed by atoms with Crippen LogP contribution < -0.4 is 4.74 Å². The topological polar surface area (TPSA) is 68.7 Å². The van der Waals surface area contributed by atoms with Crippen LogP contribution in [0.5, 0.6) is 5.75 Å². The van der Waals surface area contributed by atoms with E-state index in [0.717, 1.165) is 16.7 Å².